The normalized spacial score (nSPS) is 17.2. The minimum absolute atomic E-state index is 0.243. The minimum atomic E-state index is -1.12. The molecule has 2 atom stereocenters. The van der Waals surface area contributed by atoms with Crippen LogP contribution in [0.15, 0.2) is 46.9 Å². The number of benzene rings is 1. The zero-order valence-corrected chi connectivity index (χ0v) is 21.6. The lowest BCUT2D eigenvalue weighted by Crippen LogP contribution is -2.55. The topological polar surface area (TPSA) is 78.0 Å². The Bertz CT molecular complexity index is 951. The van der Waals surface area contributed by atoms with Gasteiger partial charge in [0.1, 0.15) is 11.4 Å². The van der Waals surface area contributed by atoms with Crippen molar-refractivity contribution < 1.29 is 23.8 Å². The van der Waals surface area contributed by atoms with Crippen LogP contribution in [0.3, 0.4) is 0 Å². The van der Waals surface area contributed by atoms with Crippen LogP contribution in [0.1, 0.15) is 45.6 Å². The van der Waals surface area contributed by atoms with Crippen LogP contribution in [0.2, 0.25) is 0 Å². The van der Waals surface area contributed by atoms with E-state index in [0.717, 1.165) is 6.42 Å². The van der Waals surface area contributed by atoms with E-state index < -0.39 is 11.5 Å². The Labute approximate surface area is 209 Å². The molecule has 0 N–H and O–H groups in total. The maximum atomic E-state index is 12.8. The van der Waals surface area contributed by atoms with Gasteiger partial charge in [0, 0.05) is 0 Å². The standard InChI is InChI=1S/C26H33BrN2O5/c1-4-26(5-2,25(31)33-6-3)29(18-30)23-13-12-22(27)24(28-23)34-17-21-14-20(21)16-32-15-19-10-8-7-9-11-19/h7-13,18,20-21H,4-6,14-17H2,1-3H3/t20-,21-/m1/s1. The maximum Gasteiger partial charge on any atom is 0.332 e. The average molecular weight is 533 g/mol. The number of anilines is 1. The fourth-order valence-corrected chi connectivity index (χ4v) is 4.41. The molecule has 0 saturated heterocycles. The number of ether oxygens (including phenoxy) is 3. The minimum Gasteiger partial charge on any atom is -0.477 e. The first kappa shape index (κ1) is 26.2. The molecule has 2 aromatic rings. The van der Waals surface area contributed by atoms with Crippen LogP contribution >= 0.6 is 15.9 Å². The second-order valence-corrected chi connectivity index (χ2v) is 9.31. The molecule has 184 valence electrons. The zero-order chi connectivity index (χ0) is 24.6. The predicted molar refractivity (Wildman–Crippen MR) is 134 cm³/mol. The van der Waals surface area contributed by atoms with Gasteiger partial charge in [-0.2, -0.15) is 4.98 Å². The molecule has 1 amide bonds. The quantitative estimate of drug-likeness (QED) is 0.247. The summed E-state index contributed by atoms with van der Waals surface area (Å²) in [5.41, 5.74) is 0.0479. The van der Waals surface area contributed by atoms with Crippen molar-refractivity contribution in [2.24, 2.45) is 11.8 Å². The Hall–Kier alpha value is -2.45. The van der Waals surface area contributed by atoms with Crippen molar-refractivity contribution in [2.75, 3.05) is 24.7 Å². The molecule has 0 radical (unpaired) electrons. The van der Waals surface area contributed by atoms with E-state index in [-0.39, 0.29) is 6.61 Å². The summed E-state index contributed by atoms with van der Waals surface area (Å²) in [6.45, 7) is 7.54. The summed E-state index contributed by atoms with van der Waals surface area (Å²) in [6.07, 6.45) is 2.50. The second kappa shape index (κ2) is 12.3. The van der Waals surface area contributed by atoms with Gasteiger partial charge in [-0.05, 0) is 71.6 Å². The Balaban J connectivity index is 1.61. The first-order valence-corrected chi connectivity index (χ1v) is 12.6. The molecule has 1 aliphatic carbocycles. The van der Waals surface area contributed by atoms with Crippen molar-refractivity contribution >= 4 is 34.1 Å². The zero-order valence-electron chi connectivity index (χ0n) is 20.0. The maximum absolute atomic E-state index is 12.8. The lowest BCUT2D eigenvalue weighted by atomic mass is 9.91. The van der Waals surface area contributed by atoms with Crippen molar-refractivity contribution in [3.8, 4) is 5.88 Å². The van der Waals surface area contributed by atoms with Crippen molar-refractivity contribution in [3.05, 3.63) is 52.5 Å². The number of esters is 1. The van der Waals surface area contributed by atoms with E-state index in [0.29, 0.717) is 67.1 Å². The van der Waals surface area contributed by atoms with Gasteiger partial charge in [0.05, 0.1) is 30.9 Å². The fraction of sp³-hybridized carbons (Fsp3) is 0.500. The average Bonchev–Trinajstić information content (AvgIpc) is 3.61. The number of nitrogens with zero attached hydrogens (tertiary/aromatic N) is 2. The van der Waals surface area contributed by atoms with E-state index in [1.165, 1.54) is 10.5 Å². The Morgan fingerprint density at radius 1 is 1.12 bits per heavy atom. The monoisotopic (exact) mass is 532 g/mol. The van der Waals surface area contributed by atoms with Crippen molar-refractivity contribution in [1.82, 2.24) is 4.98 Å². The van der Waals surface area contributed by atoms with E-state index in [4.69, 9.17) is 14.2 Å². The molecule has 1 heterocycles. The number of amides is 1. The van der Waals surface area contributed by atoms with Gasteiger partial charge in [0.25, 0.3) is 0 Å². The van der Waals surface area contributed by atoms with Crippen molar-refractivity contribution in [1.29, 1.82) is 0 Å². The Morgan fingerprint density at radius 3 is 2.47 bits per heavy atom. The molecule has 1 aliphatic rings. The molecule has 1 aromatic heterocycles. The predicted octanol–water partition coefficient (Wildman–Crippen LogP) is 5.16. The van der Waals surface area contributed by atoms with Crippen molar-refractivity contribution in [2.45, 2.75) is 52.2 Å². The van der Waals surface area contributed by atoms with Gasteiger partial charge in [-0.15, -0.1) is 0 Å². The van der Waals surface area contributed by atoms with Gasteiger partial charge >= 0.3 is 5.97 Å². The molecule has 0 spiro atoms. The molecule has 8 heteroatoms. The third kappa shape index (κ3) is 6.16. The van der Waals surface area contributed by atoms with E-state index in [1.807, 2.05) is 32.0 Å². The highest BCUT2D eigenvalue weighted by Gasteiger charge is 2.44. The lowest BCUT2D eigenvalue weighted by molar-refractivity contribution is -0.150. The van der Waals surface area contributed by atoms with Crippen LogP contribution in [0.5, 0.6) is 5.88 Å². The number of carbonyl (C=O) groups excluding carboxylic acids is 2. The van der Waals surface area contributed by atoms with Gasteiger partial charge in [0.15, 0.2) is 0 Å². The van der Waals surface area contributed by atoms with Crippen LogP contribution < -0.4 is 9.64 Å². The number of aromatic nitrogens is 1. The highest BCUT2D eigenvalue weighted by Crippen LogP contribution is 2.40. The fourth-order valence-electron chi connectivity index (χ4n) is 4.07. The lowest BCUT2D eigenvalue weighted by Gasteiger charge is -2.37. The number of rotatable bonds is 14. The summed E-state index contributed by atoms with van der Waals surface area (Å²) >= 11 is 3.48. The number of hydrogen-bond acceptors (Lipinski definition) is 6. The number of hydrogen-bond donors (Lipinski definition) is 0. The number of pyridine rings is 1. The van der Waals surface area contributed by atoms with E-state index >= 15 is 0 Å². The molecule has 34 heavy (non-hydrogen) atoms. The molecular weight excluding hydrogens is 500 g/mol. The number of carbonyl (C=O) groups is 2. The van der Waals surface area contributed by atoms with Crippen LogP contribution in [0.25, 0.3) is 0 Å². The molecule has 1 aromatic carbocycles. The first-order valence-electron chi connectivity index (χ1n) is 11.8. The summed E-state index contributed by atoms with van der Waals surface area (Å²) < 4.78 is 17.8. The number of halogens is 1. The van der Waals surface area contributed by atoms with Crippen LogP contribution in [-0.4, -0.2) is 42.7 Å². The largest absolute Gasteiger partial charge is 0.477 e. The summed E-state index contributed by atoms with van der Waals surface area (Å²) in [4.78, 5) is 30.8. The molecule has 7 nitrogen and oxygen atoms in total. The van der Waals surface area contributed by atoms with Gasteiger partial charge < -0.3 is 14.2 Å². The van der Waals surface area contributed by atoms with E-state index in [9.17, 15) is 9.59 Å². The summed E-state index contributed by atoms with van der Waals surface area (Å²) in [5.74, 6) is 1.18. The molecular formula is C26H33BrN2O5. The first-order chi connectivity index (χ1) is 16.5. The van der Waals surface area contributed by atoms with E-state index in [1.54, 1.807) is 19.1 Å². The molecule has 0 aliphatic heterocycles. The summed E-state index contributed by atoms with van der Waals surface area (Å²) in [6, 6.07) is 13.6. The molecule has 1 saturated carbocycles. The van der Waals surface area contributed by atoms with Crippen LogP contribution in [0, 0.1) is 11.8 Å². The van der Waals surface area contributed by atoms with Crippen LogP contribution in [0.4, 0.5) is 5.82 Å². The van der Waals surface area contributed by atoms with Gasteiger partial charge in [-0.3, -0.25) is 9.69 Å². The van der Waals surface area contributed by atoms with Crippen LogP contribution in [-0.2, 0) is 25.7 Å². The SMILES string of the molecule is CCOC(=O)C(CC)(CC)N(C=O)c1ccc(Br)c(OC[C@H]2C[C@@H]2COCc2ccccc2)n1. The highest BCUT2D eigenvalue weighted by atomic mass is 79.9. The molecule has 0 unspecified atom stereocenters. The third-order valence-electron chi connectivity index (χ3n) is 6.38. The molecule has 0 bridgehead atoms. The summed E-state index contributed by atoms with van der Waals surface area (Å²) in [5, 5.41) is 0. The Kier molecular flexibility index (Phi) is 9.47. The van der Waals surface area contributed by atoms with Gasteiger partial charge in [0.2, 0.25) is 12.3 Å². The van der Waals surface area contributed by atoms with Gasteiger partial charge in [-0.1, -0.05) is 44.2 Å². The third-order valence-corrected chi connectivity index (χ3v) is 6.99. The summed E-state index contributed by atoms with van der Waals surface area (Å²) in [7, 11) is 0. The van der Waals surface area contributed by atoms with Gasteiger partial charge in [-0.25, -0.2) is 4.79 Å². The second-order valence-electron chi connectivity index (χ2n) is 8.46. The Morgan fingerprint density at radius 2 is 1.82 bits per heavy atom. The molecule has 3 rings (SSSR count). The van der Waals surface area contributed by atoms with E-state index in [2.05, 4.69) is 33.0 Å². The van der Waals surface area contributed by atoms with Crippen molar-refractivity contribution in [3.63, 3.8) is 0 Å². The highest BCUT2D eigenvalue weighted by molar-refractivity contribution is 9.10. The molecule has 1 fully saturated rings. The smallest absolute Gasteiger partial charge is 0.332 e.